The number of H-pyrrole nitrogens is 1. The van der Waals surface area contributed by atoms with Crippen LogP contribution in [0.1, 0.15) is 40.0 Å². The maximum absolute atomic E-state index is 13.3. The Labute approximate surface area is 205 Å². The Kier molecular flexibility index (Phi) is 5.52. The van der Waals surface area contributed by atoms with Crippen LogP contribution in [-0.4, -0.2) is 42.9 Å². The quantitative estimate of drug-likeness (QED) is 0.190. The molecular weight excluding hydrogens is 462 g/mol. The molecule has 4 aromatic rings. The van der Waals surface area contributed by atoms with Crippen molar-refractivity contribution in [3.8, 4) is 5.75 Å². The van der Waals surface area contributed by atoms with Gasteiger partial charge in [0.1, 0.15) is 11.5 Å². The summed E-state index contributed by atoms with van der Waals surface area (Å²) >= 11 is 0. The van der Waals surface area contributed by atoms with Crippen molar-refractivity contribution in [2.45, 2.75) is 19.4 Å². The number of hydrogen-bond donors (Lipinski definition) is 4. The number of hydrogen-bond acceptors (Lipinski definition) is 6. The van der Waals surface area contributed by atoms with Gasteiger partial charge >= 0.3 is 11.9 Å². The van der Waals surface area contributed by atoms with Crippen LogP contribution in [-0.2, 0) is 16.0 Å². The molecule has 1 amide bonds. The third kappa shape index (κ3) is 3.76. The highest BCUT2D eigenvalue weighted by Gasteiger charge is 2.48. The van der Waals surface area contributed by atoms with E-state index in [4.69, 9.17) is 0 Å². The molecule has 1 unspecified atom stereocenters. The lowest BCUT2D eigenvalue weighted by Gasteiger charge is -2.23. The fourth-order valence-electron chi connectivity index (χ4n) is 4.32. The number of aryl methyl sites for hydroxylation is 1. The molecule has 1 saturated heterocycles. The number of amides is 1. The van der Waals surface area contributed by atoms with Crippen LogP contribution in [0.2, 0.25) is 0 Å². The molecule has 0 aliphatic carbocycles. The van der Waals surface area contributed by atoms with E-state index in [9.17, 15) is 29.7 Å². The van der Waals surface area contributed by atoms with Crippen molar-refractivity contribution in [1.82, 2.24) is 9.97 Å². The first-order chi connectivity index (χ1) is 17.3. The van der Waals surface area contributed by atoms with Crippen LogP contribution in [0.25, 0.3) is 16.8 Å². The number of carbonyl (C=O) groups is 3. The average molecular weight is 483 g/mol. The molecule has 3 aromatic carbocycles. The summed E-state index contributed by atoms with van der Waals surface area (Å²) in [5, 5.41) is 30.3. The van der Waals surface area contributed by atoms with Crippen molar-refractivity contribution in [1.29, 1.82) is 0 Å². The molecule has 1 aliphatic heterocycles. The zero-order valence-electron chi connectivity index (χ0n) is 19.1. The van der Waals surface area contributed by atoms with Crippen LogP contribution in [0.5, 0.6) is 5.75 Å². The minimum absolute atomic E-state index is 0.00390. The molecule has 1 fully saturated rings. The number of aliphatic hydroxyl groups is 1. The van der Waals surface area contributed by atoms with Crippen LogP contribution in [0.4, 0.5) is 5.95 Å². The van der Waals surface area contributed by atoms with Crippen molar-refractivity contribution in [3.05, 3.63) is 94.6 Å². The Bertz CT molecular complexity index is 1550. The van der Waals surface area contributed by atoms with Gasteiger partial charge in [-0.05, 0) is 47.9 Å². The molecule has 9 nitrogen and oxygen atoms in total. The monoisotopic (exact) mass is 483 g/mol. The smallest absolute Gasteiger partial charge is 0.335 e. The highest BCUT2D eigenvalue weighted by atomic mass is 16.4. The van der Waals surface area contributed by atoms with E-state index in [1.54, 1.807) is 24.3 Å². The molecule has 1 aliphatic rings. The maximum atomic E-state index is 13.3. The summed E-state index contributed by atoms with van der Waals surface area (Å²) in [4.78, 5) is 46.4. The number of aromatic amines is 1. The molecule has 5 rings (SSSR count). The number of aromatic hydroxyl groups is 1. The van der Waals surface area contributed by atoms with Gasteiger partial charge in [-0.15, -0.1) is 0 Å². The van der Waals surface area contributed by atoms with Gasteiger partial charge in [0.05, 0.1) is 28.2 Å². The molecule has 1 atom stereocenters. The van der Waals surface area contributed by atoms with Gasteiger partial charge in [0.25, 0.3) is 5.78 Å². The number of aromatic carboxylic acids is 1. The Balaban J connectivity index is 1.69. The number of aliphatic hydroxyl groups excluding tert-OH is 1. The third-order valence-corrected chi connectivity index (χ3v) is 6.23. The SMILES string of the molecule is CCc1ccc(/C(O)=C2\C(=O)C(=O)N(c3nc4ccc(C(=O)O)cc4[nH]3)C2c2ccc(O)cc2)cc1. The lowest BCUT2D eigenvalue weighted by atomic mass is 9.95. The lowest BCUT2D eigenvalue weighted by Crippen LogP contribution is -2.30. The molecule has 0 spiro atoms. The van der Waals surface area contributed by atoms with E-state index in [0.29, 0.717) is 22.2 Å². The number of carboxylic acids is 1. The number of aromatic nitrogens is 2. The predicted molar refractivity (Wildman–Crippen MR) is 132 cm³/mol. The van der Waals surface area contributed by atoms with Crippen LogP contribution in [0, 0.1) is 0 Å². The Morgan fingerprint density at radius 1 is 0.972 bits per heavy atom. The van der Waals surface area contributed by atoms with E-state index in [2.05, 4.69) is 9.97 Å². The van der Waals surface area contributed by atoms with Crippen LogP contribution in [0.15, 0.2) is 72.3 Å². The van der Waals surface area contributed by atoms with Crippen molar-refractivity contribution in [3.63, 3.8) is 0 Å². The number of nitrogens with zero attached hydrogens (tertiary/aromatic N) is 2. The number of benzene rings is 3. The molecule has 180 valence electrons. The normalized spacial score (nSPS) is 17.1. The van der Waals surface area contributed by atoms with Crippen LogP contribution < -0.4 is 4.90 Å². The first-order valence-corrected chi connectivity index (χ1v) is 11.2. The minimum atomic E-state index is -1.12. The zero-order valence-corrected chi connectivity index (χ0v) is 19.1. The lowest BCUT2D eigenvalue weighted by molar-refractivity contribution is -0.132. The molecule has 2 heterocycles. The predicted octanol–water partition coefficient (Wildman–Crippen LogP) is 4.16. The fourth-order valence-corrected chi connectivity index (χ4v) is 4.32. The van der Waals surface area contributed by atoms with Crippen LogP contribution >= 0.6 is 0 Å². The highest BCUT2D eigenvalue weighted by molar-refractivity contribution is 6.51. The number of imidazole rings is 1. The average Bonchev–Trinajstić information content (AvgIpc) is 3.41. The second-order valence-corrected chi connectivity index (χ2v) is 8.41. The van der Waals surface area contributed by atoms with Gasteiger partial charge in [-0.25, -0.2) is 9.78 Å². The van der Waals surface area contributed by atoms with Crippen LogP contribution in [0.3, 0.4) is 0 Å². The third-order valence-electron chi connectivity index (χ3n) is 6.23. The summed E-state index contributed by atoms with van der Waals surface area (Å²) in [5.41, 5.74) is 2.56. The molecule has 1 aromatic heterocycles. The van der Waals surface area contributed by atoms with Gasteiger partial charge in [0.2, 0.25) is 5.95 Å². The van der Waals surface area contributed by atoms with Crippen molar-refractivity contribution < 1.29 is 29.7 Å². The van der Waals surface area contributed by atoms with Crippen molar-refractivity contribution in [2.75, 3.05) is 4.90 Å². The number of phenolic OH excluding ortho intramolecular Hbond substituents is 1. The van der Waals surface area contributed by atoms with E-state index < -0.39 is 23.7 Å². The van der Waals surface area contributed by atoms with E-state index in [-0.39, 0.29) is 28.6 Å². The second-order valence-electron chi connectivity index (χ2n) is 8.41. The summed E-state index contributed by atoms with van der Waals surface area (Å²) in [7, 11) is 0. The van der Waals surface area contributed by atoms with Gasteiger partial charge in [-0.2, -0.15) is 0 Å². The zero-order chi connectivity index (χ0) is 25.6. The van der Waals surface area contributed by atoms with Gasteiger partial charge < -0.3 is 20.3 Å². The number of carboxylic acid groups (broad SMARTS) is 1. The molecule has 4 N–H and O–H groups in total. The Morgan fingerprint density at radius 2 is 1.64 bits per heavy atom. The van der Waals surface area contributed by atoms with Crippen molar-refractivity contribution >= 4 is 40.4 Å². The second kappa shape index (κ2) is 8.70. The van der Waals surface area contributed by atoms with E-state index in [1.165, 1.54) is 30.3 Å². The number of fused-ring (bicyclic) bond motifs is 1. The maximum Gasteiger partial charge on any atom is 0.335 e. The highest BCUT2D eigenvalue weighted by Crippen LogP contribution is 2.42. The van der Waals surface area contributed by atoms with Gasteiger partial charge in [-0.1, -0.05) is 43.3 Å². The standard InChI is InChI=1S/C27H21N3O6/c1-2-14-3-5-16(6-4-14)23(32)21-22(15-7-10-18(31)11-8-15)30(25(34)24(21)33)27-28-19-12-9-17(26(35)36)13-20(19)29-27/h3-13,22,31-32H,2H2,1H3,(H,28,29)(H,35,36)/b23-21+. The van der Waals surface area contributed by atoms with E-state index in [0.717, 1.165) is 16.9 Å². The molecule has 9 heteroatoms. The summed E-state index contributed by atoms with van der Waals surface area (Å²) in [6.07, 6.45) is 0.800. The molecule has 0 radical (unpaired) electrons. The van der Waals surface area contributed by atoms with E-state index in [1.807, 2.05) is 19.1 Å². The van der Waals surface area contributed by atoms with Gasteiger partial charge in [-0.3, -0.25) is 14.5 Å². The summed E-state index contributed by atoms with van der Waals surface area (Å²) in [6, 6.07) is 16.2. The number of carbonyl (C=O) groups excluding carboxylic acids is 2. The molecule has 36 heavy (non-hydrogen) atoms. The van der Waals surface area contributed by atoms with Gasteiger partial charge in [0, 0.05) is 5.56 Å². The first kappa shape index (κ1) is 22.9. The summed E-state index contributed by atoms with van der Waals surface area (Å²) in [6.45, 7) is 2.00. The van der Waals surface area contributed by atoms with E-state index >= 15 is 0 Å². The van der Waals surface area contributed by atoms with Crippen molar-refractivity contribution in [2.24, 2.45) is 0 Å². The number of rotatable bonds is 5. The fraction of sp³-hybridized carbons (Fsp3) is 0.111. The molecular formula is C27H21N3O6. The summed E-state index contributed by atoms with van der Waals surface area (Å²) in [5.74, 6) is -3.23. The Hall–Kier alpha value is -4.92. The molecule has 0 bridgehead atoms. The molecule has 0 saturated carbocycles. The topological polar surface area (TPSA) is 144 Å². The number of anilines is 1. The first-order valence-electron chi connectivity index (χ1n) is 11.2. The summed E-state index contributed by atoms with van der Waals surface area (Å²) < 4.78 is 0. The number of Topliss-reactive ketones (excluding diaryl/α,β-unsaturated/α-hetero) is 1. The number of phenols is 1. The minimum Gasteiger partial charge on any atom is -0.508 e. The number of ketones is 1. The largest absolute Gasteiger partial charge is 0.508 e. The Morgan fingerprint density at radius 3 is 2.28 bits per heavy atom. The number of nitrogens with one attached hydrogen (secondary N) is 1. The van der Waals surface area contributed by atoms with Gasteiger partial charge in [0.15, 0.2) is 0 Å².